The van der Waals surface area contributed by atoms with E-state index in [2.05, 4.69) is 34.3 Å². The molecule has 1 aromatic carbocycles. The number of anilines is 1. The molecule has 0 aliphatic carbocycles. The predicted octanol–water partition coefficient (Wildman–Crippen LogP) is 2.12. The molecule has 2 N–H and O–H groups in total. The number of rotatable bonds is 5. The van der Waals surface area contributed by atoms with E-state index in [-0.39, 0.29) is 6.04 Å². The third-order valence-electron chi connectivity index (χ3n) is 3.32. The Kier molecular flexibility index (Phi) is 4.22. The third kappa shape index (κ3) is 3.58. The standard InChI is InChI=1S/C15H22N4/c1-18(2)14-6-4-5-13(9-14)15(16)8-7-12-10-17-19(3)11-12/h4-6,9-11,15H,7-8,16H2,1-3H3. The Bertz CT molecular complexity index is 530. The lowest BCUT2D eigenvalue weighted by atomic mass is 10.0. The number of benzene rings is 1. The summed E-state index contributed by atoms with van der Waals surface area (Å²) in [5, 5.41) is 4.17. The zero-order valence-electron chi connectivity index (χ0n) is 11.9. The van der Waals surface area contributed by atoms with Crippen LogP contribution in [0.2, 0.25) is 0 Å². The lowest BCUT2D eigenvalue weighted by Crippen LogP contribution is -2.13. The Balaban J connectivity index is 1.99. The second-order valence-electron chi connectivity index (χ2n) is 5.16. The molecule has 1 aromatic heterocycles. The third-order valence-corrected chi connectivity index (χ3v) is 3.32. The number of hydrogen-bond donors (Lipinski definition) is 1. The summed E-state index contributed by atoms with van der Waals surface area (Å²) in [6.07, 6.45) is 5.84. The zero-order chi connectivity index (χ0) is 13.8. The number of hydrogen-bond acceptors (Lipinski definition) is 3. The highest BCUT2D eigenvalue weighted by Crippen LogP contribution is 2.21. The molecule has 0 saturated heterocycles. The van der Waals surface area contributed by atoms with Crippen molar-refractivity contribution in [2.24, 2.45) is 12.8 Å². The first-order chi connectivity index (χ1) is 9.06. The first kappa shape index (κ1) is 13.6. The molecule has 1 unspecified atom stereocenters. The van der Waals surface area contributed by atoms with Crippen molar-refractivity contribution in [1.29, 1.82) is 0 Å². The highest BCUT2D eigenvalue weighted by atomic mass is 15.2. The van der Waals surface area contributed by atoms with E-state index in [1.807, 2.05) is 38.2 Å². The molecular weight excluding hydrogens is 236 g/mol. The summed E-state index contributed by atoms with van der Waals surface area (Å²) in [5.41, 5.74) is 9.89. The molecular formula is C15H22N4. The van der Waals surface area contributed by atoms with Gasteiger partial charge in [0.25, 0.3) is 0 Å². The van der Waals surface area contributed by atoms with Gasteiger partial charge in [0.2, 0.25) is 0 Å². The quantitative estimate of drug-likeness (QED) is 0.893. The number of nitrogens with zero attached hydrogens (tertiary/aromatic N) is 3. The van der Waals surface area contributed by atoms with E-state index in [0.29, 0.717) is 0 Å². The van der Waals surface area contributed by atoms with Gasteiger partial charge in [-0.3, -0.25) is 4.68 Å². The maximum absolute atomic E-state index is 6.27. The van der Waals surface area contributed by atoms with Gasteiger partial charge in [-0.05, 0) is 36.1 Å². The molecule has 1 atom stereocenters. The monoisotopic (exact) mass is 258 g/mol. The van der Waals surface area contributed by atoms with E-state index in [0.717, 1.165) is 12.8 Å². The molecule has 0 aliphatic heterocycles. The normalized spacial score (nSPS) is 12.4. The Hall–Kier alpha value is -1.81. The van der Waals surface area contributed by atoms with E-state index in [1.54, 1.807) is 0 Å². The van der Waals surface area contributed by atoms with E-state index >= 15 is 0 Å². The largest absolute Gasteiger partial charge is 0.378 e. The van der Waals surface area contributed by atoms with Gasteiger partial charge < -0.3 is 10.6 Å². The molecule has 4 nitrogen and oxygen atoms in total. The van der Waals surface area contributed by atoms with Crippen LogP contribution in [0.15, 0.2) is 36.7 Å². The first-order valence-electron chi connectivity index (χ1n) is 6.56. The predicted molar refractivity (Wildman–Crippen MR) is 79.2 cm³/mol. The van der Waals surface area contributed by atoms with Crippen LogP contribution >= 0.6 is 0 Å². The first-order valence-corrected chi connectivity index (χ1v) is 6.56. The van der Waals surface area contributed by atoms with Gasteiger partial charge >= 0.3 is 0 Å². The zero-order valence-corrected chi connectivity index (χ0v) is 11.9. The van der Waals surface area contributed by atoms with Crippen LogP contribution in [0.4, 0.5) is 5.69 Å². The van der Waals surface area contributed by atoms with Crippen molar-refractivity contribution >= 4 is 5.69 Å². The van der Waals surface area contributed by atoms with Gasteiger partial charge in [0.05, 0.1) is 6.20 Å². The maximum atomic E-state index is 6.27. The SMILES string of the molecule is CN(C)c1cccc(C(N)CCc2cnn(C)c2)c1. The van der Waals surface area contributed by atoms with Crippen LogP contribution in [0, 0.1) is 0 Å². The van der Waals surface area contributed by atoms with Gasteiger partial charge in [-0.2, -0.15) is 5.10 Å². The highest BCUT2D eigenvalue weighted by molar-refractivity contribution is 5.47. The van der Waals surface area contributed by atoms with Crippen LogP contribution < -0.4 is 10.6 Å². The molecule has 4 heteroatoms. The van der Waals surface area contributed by atoms with Crippen molar-refractivity contribution in [3.05, 3.63) is 47.8 Å². The van der Waals surface area contributed by atoms with Gasteiger partial charge in [-0.1, -0.05) is 12.1 Å². The molecule has 0 aliphatic rings. The van der Waals surface area contributed by atoms with E-state index in [1.165, 1.54) is 16.8 Å². The van der Waals surface area contributed by atoms with Crippen LogP contribution in [-0.4, -0.2) is 23.9 Å². The molecule has 0 radical (unpaired) electrons. The summed E-state index contributed by atoms with van der Waals surface area (Å²) < 4.78 is 1.83. The smallest absolute Gasteiger partial charge is 0.0521 e. The average molecular weight is 258 g/mol. The van der Waals surface area contributed by atoms with Crippen molar-refractivity contribution in [3.8, 4) is 0 Å². The Morgan fingerprint density at radius 3 is 2.79 bits per heavy atom. The molecule has 1 heterocycles. The number of nitrogens with two attached hydrogens (primary N) is 1. The number of aryl methyl sites for hydroxylation is 2. The van der Waals surface area contributed by atoms with Crippen molar-refractivity contribution in [2.75, 3.05) is 19.0 Å². The van der Waals surface area contributed by atoms with E-state index in [9.17, 15) is 0 Å². The van der Waals surface area contributed by atoms with Crippen molar-refractivity contribution < 1.29 is 0 Å². The highest BCUT2D eigenvalue weighted by Gasteiger charge is 2.08. The van der Waals surface area contributed by atoms with E-state index < -0.39 is 0 Å². The molecule has 0 saturated carbocycles. The fourth-order valence-corrected chi connectivity index (χ4v) is 2.12. The maximum Gasteiger partial charge on any atom is 0.0521 e. The second kappa shape index (κ2) is 5.89. The molecule has 2 rings (SSSR count). The lowest BCUT2D eigenvalue weighted by molar-refractivity contribution is 0.651. The van der Waals surface area contributed by atoms with Gasteiger partial charge in [-0.15, -0.1) is 0 Å². The lowest BCUT2D eigenvalue weighted by Gasteiger charge is -2.16. The summed E-state index contributed by atoms with van der Waals surface area (Å²) in [6.45, 7) is 0. The van der Waals surface area contributed by atoms with Crippen LogP contribution in [0.5, 0.6) is 0 Å². The molecule has 0 bridgehead atoms. The summed E-state index contributed by atoms with van der Waals surface area (Å²) in [5.74, 6) is 0. The van der Waals surface area contributed by atoms with E-state index in [4.69, 9.17) is 5.73 Å². The molecule has 0 spiro atoms. The van der Waals surface area contributed by atoms with Crippen LogP contribution in [0.1, 0.15) is 23.6 Å². The Labute approximate surface area is 114 Å². The number of aromatic nitrogens is 2. The second-order valence-corrected chi connectivity index (χ2v) is 5.16. The Morgan fingerprint density at radius 2 is 2.16 bits per heavy atom. The fourth-order valence-electron chi connectivity index (χ4n) is 2.12. The molecule has 0 amide bonds. The van der Waals surface area contributed by atoms with Crippen LogP contribution in [0.3, 0.4) is 0 Å². The molecule has 19 heavy (non-hydrogen) atoms. The minimum absolute atomic E-state index is 0.0695. The summed E-state index contributed by atoms with van der Waals surface area (Å²) >= 11 is 0. The van der Waals surface area contributed by atoms with Crippen LogP contribution in [-0.2, 0) is 13.5 Å². The molecule has 0 fully saturated rings. The molecule has 2 aromatic rings. The minimum atomic E-state index is 0.0695. The van der Waals surface area contributed by atoms with Gasteiger partial charge in [0, 0.05) is 39.1 Å². The van der Waals surface area contributed by atoms with Crippen molar-refractivity contribution in [3.63, 3.8) is 0 Å². The van der Waals surface area contributed by atoms with Crippen molar-refractivity contribution in [2.45, 2.75) is 18.9 Å². The molecule has 102 valence electrons. The van der Waals surface area contributed by atoms with Crippen LogP contribution in [0.25, 0.3) is 0 Å². The van der Waals surface area contributed by atoms with Gasteiger partial charge in [0.1, 0.15) is 0 Å². The summed E-state index contributed by atoms with van der Waals surface area (Å²) in [7, 11) is 6.02. The van der Waals surface area contributed by atoms with Crippen molar-refractivity contribution in [1.82, 2.24) is 9.78 Å². The van der Waals surface area contributed by atoms with Gasteiger partial charge in [-0.25, -0.2) is 0 Å². The summed E-state index contributed by atoms with van der Waals surface area (Å²) in [4.78, 5) is 2.09. The topological polar surface area (TPSA) is 47.1 Å². The fraction of sp³-hybridized carbons (Fsp3) is 0.400. The average Bonchev–Trinajstić information content (AvgIpc) is 2.82. The summed E-state index contributed by atoms with van der Waals surface area (Å²) in [6, 6.07) is 8.49. The Morgan fingerprint density at radius 1 is 1.37 bits per heavy atom. The van der Waals surface area contributed by atoms with Gasteiger partial charge in [0.15, 0.2) is 0 Å². The minimum Gasteiger partial charge on any atom is -0.378 e.